The van der Waals surface area contributed by atoms with Crippen LogP contribution in [0, 0.1) is 0 Å². The van der Waals surface area contributed by atoms with Gasteiger partial charge in [-0.3, -0.25) is 4.79 Å². The van der Waals surface area contributed by atoms with Crippen LogP contribution in [0.4, 0.5) is 0 Å². The van der Waals surface area contributed by atoms with E-state index in [1.165, 1.54) is 11.3 Å². The number of rotatable bonds is 5. The molecule has 3 heterocycles. The molecular weight excluding hydrogens is 384 g/mol. The van der Waals surface area contributed by atoms with Gasteiger partial charge in [-0.25, -0.2) is 9.78 Å². The molecule has 4 aromatic rings. The van der Waals surface area contributed by atoms with E-state index in [4.69, 9.17) is 16.3 Å². The molecule has 0 spiro atoms. The van der Waals surface area contributed by atoms with Crippen molar-refractivity contribution in [1.29, 1.82) is 0 Å². The number of benzene rings is 1. The number of halogens is 1. The second-order valence-electron chi connectivity index (χ2n) is 5.76. The Morgan fingerprint density at radius 1 is 1.11 bits per heavy atom. The van der Waals surface area contributed by atoms with Crippen LogP contribution in [0.1, 0.15) is 20.8 Å². The number of carbonyl (C=O) groups is 2. The molecule has 27 heavy (non-hydrogen) atoms. The highest BCUT2D eigenvalue weighted by Crippen LogP contribution is 2.32. The quantitative estimate of drug-likeness (QED) is 0.381. The van der Waals surface area contributed by atoms with Gasteiger partial charge in [0.1, 0.15) is 0 Å². The number of aromatic nitrogens is 2. The summed E-state index contributed by atoms with van der Waals surface area (Å²) in [4.78, 5) is 33.0. The number of thiophene rings is 1. The Kier molecular flexibility index (Phi) is 4.75. The van der Waals surface area contributed by atoms with Gasteiger partial charge in [-0.05, 0) is 36.4 Å². The van der Waals surface area contributed by atoms with Gasteiger partial charge in [-0.2, -0.15) is 0 Å². The summed E-state index contributed by atoms with van der Waals surface area (Å²) < 4.78 is 5.90. The number of carbonyl (C=O) groups excluding carboxylic acids is 2. The summed E-state index contributed by atoms with van der Waals surface area (Å²) in [6.07, 6.45) is 1.64. The second kappa shape index (κ2) is 7.34. The molecule has 1 N–H and O–H groups in total. The summed E-state index contributed by atoms with van der Waals surface area (Å²) in [6, 6.07) is 16.0. The van der Waals surface area contributed by atoms with Gasteiger partial charge >= 0.3 is 5.97 Å². The number of ether oxygens (including phenoxy) is 1. The predicted octanol–water partition coefficient (Wildman–Crippen LogP) is 4.98. The summed E-state index contributed by atoms with van der Waals surface area (Å²) in [5.74, 6) is -0.866. The van der Waals surface area contributed by atoms with Gasteiger partial charge in [0.25, 0.3) is 0 Å². The zero-order valence-corrected chi connectivity index (χ0v) is 15.5. The average molecular weight is 397 g/mol. The first-order chi connectivity index (χ1) is 13.1. The van der Waals surface area contributed by atoms with Crippen molar-refractivity contribution in [1.82, 2.24) is 9.97 Å². The van der Waals surface area contributed by atoms with Crippen molar-refractivity contribution in [3.8, 4) is 10.6 Å². The fraction of sp³-hybridized carbons (Fsp3) is 0.0500. The third-order valence-corrected chi connectivity index (χ3v) is 5.25. The highest BCUT2D eigenvalue weighted by atomic mass is 35.5. The zero-order valence-electron chi connectivity index (χ0n) is 13.9. The number of nitrogens with one attached hydrogen (secondary N) is 1. The van der Waals surface area contributed by atoms with E-state index in [9.17, 15) is 9.59 Å². The van der Waals surface area contributed by atoms with E-state index in [1.807, 2.05) is 24.3 Å². The molecule has 0 aliphatic carbocycles. The maximum Gasteiger partial charge on any atom is 0.339 e. The molecule has 0 aliphatic rings. The average Bonchev–Trinajstić information content (AvgIpc) is 3.37. The van der Waals surface area contributed by atoms with Crippen LogP contribution in [0.2, 0.25) is 4.34 Å². The van der Waals surface area contributed by atoms with Crippen molar-refractivity contribution in [2.24, 2.45) is 0 Å². The lowest BCUT2D eigenvalue weighted by molar-refractivity contribution is 0.0475. The van der Waals surface area contributed by atoms with Crippen LogP contribution >= 0.6 is 22.9 Å². The van der Waals surface area contributed by atoms with Crippen molar-refractivity contribution in [2.45, 2.75) is 0 Å². The van der Waals surface area contributed by atoms with Crippen molar-refractivity contribution in [3.63, 3.8) is 0 Å². The number of nitrogens with zero attached hydrogens (tertiary/aromatic N) is 1. The van der Waals surface area contributed by atoms with E-state index < -0.39 is 5.97 Å². The summed E-state index contributed by atoms with van der Waals surface area (Å²) in [6.45, 7) is -0.337. The minimum atomic E-state index is -0.572. The highest BCUT2D eigenvalue weighted by Gasteiger charge is 2.18. The van der Waals surface area contributed by atoms with Crippen LogP contribution in [0.15, 0.2) is 60.8 Å². The van der Waals surface area contributed by atoms with Crippen molar-refractivity contribution >= 4 is 45.6 Å². The molecule has 3 aromatic heterocycles. The first kappa shape index (κ1) is 17.5. The van der Waals surface area contributed by atoms with Gasteiger partial charge < -0.3 is 9.72 Å². The SMILES string of the molecule is O=C(COC(=O)c1cc(-c2ccc(Cl)s2)nc2ccccc12)c1ccc[nH]1. The van der Waals surface area contributed by atoms with Gasteiger partial charge in [0.2, 0.25) is 5.78 Å². The largest absolute Gasteiger partial charge is 0.454 e. The number of hydrogen-bond acceptors (Lipinski definition) is 5. The molecule has 0 unspecified atom stereocenters. The van der Waals surface area contributed by atoms with Crippen molar-refractivity contribution in [2.75, 3.05) is 6.61 Å². The summed E-state index contributed by atoms with van der Waals surface area (Å²) in [5, 5.41) is 0.668. The molecule has 0 atom stereocenters. The Labute approximate surface area is 163 Å². The third kappa shape index (κ3) is 3.63. The normalized spacial score (nSPS) is 10.9. The molecule has 0 saturated heterocycles. The second-order valence-corrected chi connectivity index (χ2v) is 7.47. The fourth-order valence-electron chi connectivity index (χ4n) is 2.71. The molecule has 0 fully saturated rings. The monoisotopic (exact) mass is 396 g/mol. The van der Waals surface area contributed by atoms with Crippen LogP contribution in [-0.4, -0.2) is 28.3 Å². The molecule has 4 rings (SSSR count). The van der Waals surface area contributed by atoms with E-state index in [0.717, 1.165) is 4.88 Å². The Balaban J connectivity index is 1.67. The number of aromatic amines is 1. The van der Waals surface area contributed by atoms with Gasteiger partial charge in [0.05, 0.1) is 31.7 Å². The highest BCUT2D eigenvalue weighted by molar-refractivity contribution is 7.19. The summed E-state index contributed by atoms with van der Waals surface area (Å²) in [7, 11) is 0. The molecule has 5 nitrogen and oxygen atoms in total. The maximum atomic E-state index is 12.7. The van der Waals surface area contributed by atoms with Gasteiger partial charge in [-0.15, -0.1) is 11.3 Å². The molecule has 0 amide bonds. The summed E-state index contributed by atoms with van der Waals surface area (Å²) >= 11 is 7.40. The maximum absolute atomic E-state index is 12.7. The van der Waals surface area contributed by atoms with Crippen LogP contribution < -0.4 is 0 Å². The van der Waals surface area contributed by atoms with Gasteiger partial charge in [0.15, 0.2) is 6.61 Å². The molecular formula is C20H13ClN2O3S. The smallest absolute Gasteiger partial charge is 0.339 e. The molecule has 0 saturated carbocycles. The van der Waals surface area contributed by atoms with E-state index in [2.05, 4.69) is 9.97 Å². The first-order valence-electron chi connectivity index (χ1n) is 8.11. The van der Waals surface area contributed by atoms with Crippen LogP contribution in [-0.2, 0) is 4.74 Å². The van der Waals surface area contributed by atoms with E-state index in [0.29, 0.717) is 32.2 Å². The number of Topliss-reactive ketones (excluding diaryl/α,β-unsaturated/α-hetero) is 1. The Hall–Kier alpha value is -2.96. The van der Waals surface area contributed by atoms with E-state index in [-0.39, 0.29) is 12.4 Å². The van der Waals surface area contributed by atoms with Crippen LogP contribution in [0.3, 0.4) is 0 Å². The number of esters is 1. The topological polar surface area (TPSA) is 72.1 Å². The first-order valence-corrected chi connectivity index (χ1v) is 9.30. The standard InChI is InChI=1S/C20H13ClN2O3S/c21-19-8-7-18(27-19)16-10-13(12-4-1-2-5-14(12)23-16)20(25)26-11-17(24)15-6-3-9-22-15/h1-10,22H,11H2. The zero-order chi connectivity index (χ0) is 18.8. The minimum Gasteiger partial charge on any atom is -0.454 e. The molecule has 0 bridgehead atoms. The van der Waals surface area contributed by atoms with Crippen LogP contribution in [0.5, 0.6) is 0 Å². The van der Waals surface area contributed by atoms with E-state index in [1.54, 1.807) is 36.5 Å². The number of pyridine rings is 1. The number of ketones is 1. The van der Waals surface area contributed by atoms with Crippen molar-refractivity contribution < 1.29 is 14.3 Å². The fourth-order valence-corrected chi connectivity index (χ4v) is 3.72. The molecule has 134 valence electrons. The lowest BCUT2D eigenvalue weighted by atomic mass is 10.1. The number of H-pyrrole nitrogens is 1. The lowest BCUT2D eigenvalue weighted by Crippen LogP contribution is -2.15. The Morgan fingerprint density at radius 2 is 1.96 bits per heavy atom. The minimum absolute atomic E-state index is 0.294. The Morgan fingerprint density at radius 3 is 2.70 bits per heavy atom. The predicted molar refractivity (Wildman–Crippen MR) is 105 cm³/mol. The molecule has 1 aromatic carbocycles. The number of hydrogen-bond donors (Lipinski definition) is 1. The summed E-state index contributed by atoms with van der Waals surface area (Å²) in [5.41, 5.74) is 2.06. The van der Waals surface area contributed by atoms with Gasteiger partial charge in [0, 0.05) is 11.6 Å². The third-order valence-electron chi connectivity index (χ3n) is 3.99. The van der Waals surface area contributed by atoms with Crippen LogP contribution in [0.25, 0.3) is 21.5 Å². The Bertz CT molecular complexity index is 1140. The number of para-hydroxylation sites is 1. The molecule has 0 aliphatic heterocycles. The molecule has 7 heteroatoms. The lowest BCUT2D eigenvalue weighted by Gasteiger charge is -2.09. The van der Waals surface area contributed by atoms with Gasteiger partial charge in [-0.1, -0.05) is 29.8 Å². The number of fused-ring (bicyclic) bond motifs is 1. The molecule has 0 radical (unpaired) electrons. The van der Waals surface area contributed by atoms with E-state index >= 15 is 0 Å². The van der Waals surface area contributed by atoms with Crippen molar-refractivity contribution in [3.05, 3.63) is 76.4 Å².